The highest BCUT2D eigenvalue weighted by Crippen LogP contribution is 2.29. The van der Waals surface area contributed by atoms with Crippen molar-refractivity contribution in [3.8, 4) is 6.07 Å². The van der Waals surface area contributed by atoms with Gasteiger partial charge in [-0.3, -0.25) is 0 Å². The predicted molar refractivity (Wildman–Crippen MR) is 77.5 cm³/mol. The van der Waals surface area contributed by atoms with Crippen LogP contribution >= 0.6 is 15.9 Å². The van der Waals surface area contributed by atoms with Gasteiger partial charge in [-0.25, -0.2) is 0 Å². The van der Waals surface area contributed by atoms with Gasteiger partial charge in [0.1, 0.15) is 6.07 Å². The third-order valence-corrected chi connectivity index (χ3v) is 4.22. The quantitative estimate of drug-likeness (QED) is 0.882. The van der Waals surface area contributed by atoms with Crippen LogP contribution in [0.4, 0.5) is 5.69 Å². The minimum atomic E-state index is 0.235. The van der Waals surface area contributed by atoms with Gasteiger partial charge in [-0.05, 0) is 52.5 Å². The molecule has 1 unspecified atom stereocenters. The number of hydrogen-bond donors (Lipinski definition) is 2. The molecule has 0 amide bonds. The molecule has 0 aliphatic carbocycles. The van der Waals surface area contributed by atoms with Crippen molar-refractivity contribution < 1.29 is 0 Å². The molecule has 0 bridgehead atoms. The molecule has 0 radical (unpaired) electrons. The van der Waals surface area contributed by atoms with E-state index in [9.17, 15) is 0 Å². The van der Waals surface area contributed by atoms with Crippen molar-refractivity contribution in [2.75, 3.05) is 18.4 Å². The summed E-state index contributed by atoms with van der Waals surface area (Å²) in [6.45, 7) is 6.63. The lowest BCUT2D eigenvalue weighted by molar-refractivity contribution is 0.236. The molecule has 1 aromatic rings. The summed E-state index contributed by atoms with van der Waals surface area (Å²) in [5, 5.41) is 15.9. The van der Waals surface area contributed by atoms with Gasteiger partial charge in [0.2, 0.25) is 0 Å². The first-order valence-corrected chi connectivity index (χ1v) is 6.99. The number of piperidine rings is 1. The molecule has 1 aromatic carbocycles. The third-order valence-electron chi connectivity index (χ3n) is 3.56. The number of nitrogens with zero attached hydrogens (tertiary/aromatic N) is 1. The summed E-state index contributed by atoms with van der Waals surface area (Å²) in [6.07, 6.45) is 1.12. The fourth-order valence-corrected chi connectivity index (χ4v) is 2.80. The van der Waals surface area contributed by atoms with Crippen molar-refractivity contribution in [1.82, 2.24) is 5.32 Å². The molecule has 0 spiro atoms. The highest BCUT2D eigenvalue weighted by atomic mass is 79.9. The van der Waals surface area contributed by atoms with Crippen molar-refractivity contribution in [1.29, 1.82) is 5.26 Å². The van der Waals surface area contributed by atoms with Crippen LogP contribution in [-0.4, -0.2) is 19.1 Å². The molecule has 0 aromatic heterocycles. The first kappa shape index (κ1) is 13.4. The summed E-state index contributed by atoms with van der Waals surface area (Å²) in [7, 11) is 0. The van der Waals surface area contributed by atoms with Crippen LogP contribution in [-0.2, 0) is 0 Å². The van der Waals surface area contributed by atoms with E-state index >= 15 is 0 Å². The van der Waals surface area contributed by atoms with Crippen molar-refractivity contribution in [2.24, 2.45) is 5.41 Å². The maximum Gasteiger partial charge on any atom is 0.100 e. The molecule has 1 heterocycles. The summed E-state index contributed by atoms with van der Waals surface area (Å²) in [5.41, 5.74) is 1.98. The largest absolute Gasteiger partial charge is 0.382 e. The smallest absolute Gasteiger partial charge is 0.100 e. The van der Waals surface area contributed by atoms with E-state index in [1.165, 1.54) is 0 Å². The van der Waals surface area contributed by atoms with Gasteiger partial charge in [-0.15, -0.1) is 0 Å². The van der Waals surface area contributed by atoms with E-state index in [0.29, 0.717) is 11.6 Å². The first-order chi connectivity index (χ1) is 8.53. The van der Waals surface area contributed by atoms with Gasteiger partial charge in [-0.2, -0.15) is 5.26 Å². The highest BCUT2D eigenvalue weighted by Gasteiger charge is 2.31. The van der Waals surface area contributed by atoms with Crippen molar-refractivity contribution >= 4 is 21.6 Å². The molecule has 2 N–H and O–H groups in total. The topological polar surface area (TPSA) is 47.8 Å². The summed E-state index contributed by atoms with van der Waals surface area (Å²) >= 11 is 3.43. The zero-order valence-corrected chi connectivity index (χ0v) is 12.3. The van der Waals surface area contributed by atoms with E-state index in [-0.39, 0.29) is 5.41 Å². The predicted octanol–water partition coefficient (Wildman–Crippen LogP) is 3.12. The molecule has 18 heavy (non-hydrogen) atoms. The van der Waals surface area contributed by atoms with Gasteiger partial charge in [0.25, 0.3) is 0 Å². The molecule has 2 rings (SSSR count). The molecule has 1 aliphatic rings. The van der Waals surface area contributed by atoms with Crippen LogP contribution in [0, 0.1) is 16.7 Å². The molecule has 1 aliphatic heterocycles. The zero-order valence-electron chi connectivity index (χ0n) is 10.8. The number of benzene rings is 1. The lowest BCUT2D eigenvalue weighted by Gasteiger charge is -2.40. The van der Waals surface area contributed by atoms with Crippen LogP contribution in [0.1, 0.15) is 25.8 Å². The van der Waals surface area contributed by atoms with E-state index in [1.54, 1.807) is 0 Å². The van der Waals surface area contributed by atoms with Crippen molar-refractivity contribution in [2.45, 2.75) is 26.3 Å². The number of halogens is 1. The van der Waals surface area contributed by atoms with E-state index in [2.05, 4.69) is 46.5 Å². The summed E-state index contributed by atoms with van der Waals surface area (Å²) in [6, 6.07) is 8.42. The lowest BCUT2D eigenvalue weighted by Crippen LogP contribution is -2.49. The second-order valence-corrected chi connectivity index (χ2v) is 6.31. The van der Waals surface area contributed by atoms with Crippen LogP contribution in [0.3, 0.4) is 0 Å². The Balaban J connectivity index is 2.14. The maximum atomic E-state index is 8.91. The van der Waals surface area contributed by atoms with Gasteiger partial charge >= 0.3 is 0 Å². The van der Waals surface area contributed by atoms with Gasteiger partial charge in [-0.1, -0.05) is 13.8 Å². The maximum absolute atomic E-state index is 8.91. The van der Waals surface area contributed by atoms with Gasteiger partial charge < -0.3 is 10.6 Å². The van der Waals surface area contributed by atoms with Crippen molar-refractivity contribution in [3.63, 3.8) is 0 Å². The van der Waals surface area contributed by atoms with E-state index in [0.717, 1.165) is 29.7 Å². The molecule has 1 fully saturated rings. The van der Waals surface area contributed by atoms with Gasteiger partial charge in [0.15, 0.2) is 0 Å². The molecule has 1 atom stereocenters. The van der Waals surface area contributed by atoms with Gasteiger partial charge in [0.05, 0.1) is 5.56 Å². The van der Waals surface area contributed by atoms with E-state index < -0.39 is 0 Å². The fourth-order valence-electron chi connectivity index (χ4n) is 2.34. The molecule has 96 valence electrons. The summed E-state index contributed by atoms with van der Waals surface area (Å²) in [5.74, 6) is 0. The number of nitrogens with one attached hydrogen (secondary N) is 2. The second kappa shape index (κ2) is 5.29. The minimum Gasteiger partial charge on any atom is -0.382 e. The number of hydrogen-bond acceptors (Lipinski definition) is 3. The zero-order chi connectivity index (χ0) is 13.2. The first-order valence-electron chi connectivity index (χ1n) is 6.20. The van der Waals surface area contributed by atoms with E-state index in [1.807, 2.05) is 18.2 Å². The molecule has 0 saturated carbocycles. The second-order valence-electron chi connectivity index (χ2n) is 5.46. The van der Waals surface area contributed by atoms with E-state index in [4.69, 9.17) is 5.26 Å². The average molecular weight is 308 g/mol. The normalized spacial score (nSPS) is 22.2. The Bertz CT molecular complexity index is 476. The SMILES string of the molecule is CC1(C)CNCCC1Nc1ccc(C#N)c(Br)c1. The number of anilines is 1. The summed E-state index contributed by atoms with van der Waals surface area (Å²) < 4.78 is 0.849. The van der Waals surface area contributed by atoms with Crippen molar-refractivity contribution in [3.05, 3.63) is 28.2 Å². The Morgan fingerprint density at radius 1 is 1.50 bits per heavy atom. The summed E-state index contributed by atoms with van der Waals surface area (Å²) in [4.78, 5) is 0. The third kappa shape index (κ3) is 2.85. The Morgan fingerprint density at radius 3 is 2.89 bits per heavy atom. The average Bonchev–Trinajstić information content (AvgIpc) is 2.32. The van der Waals surface area contributed by atoms with Crippen LogP contribution < -0.4 is 10.6 Å². The molecular weight excluding hydrogens is 290 g/mol. The lowest BCUT2D eigenvalue weighted by atomic mass is 9.80. The monoisotopic (exact) mass is 307 g/mol. The standard InChI is InChI=1S/C14H18BrN3/c1-14(2)9-17-6-5-13(14)18-11-4-3-10(8-16)12(15)7-11/h3-4,7,13,17-18H,5-6,9H2,1-2H3. The molecule has 1 saturated heterocycles. The fraction of sp³-hybridized carbons (Fsp3) is 0.500. The van der Waals surface area contributed by atoms with Crippen LogP contribution in [0.15, 0.2) is 22.7 Å². The number of rotatable bonds is 2. The molecular formula is C14H18BrN3. The Hall–Kier alpha value is -1.05. The Morgan fingerprint density at radius 2 is 2.28 bits per heavy atom. The Labute approximate surface area is 117 Å². The minimum absolute atomic E-state index is 0.235. The number of nitriles is 1. The van der Waals surface area contributed by atoms with Crippen LogP contribution in [0.25, 0.3) is 0 Å². The van der Waals surface area contributed by atoms with Gasteiger partial charge in [0, 0.05) is 22.7 Å². The van der Waals surface area contributed by atoms with Crippen LogP contribution in [0.5, 0.6) is 0 Å². The molecule has 4 heteroatoms. The molecule has 3 nitrogen and oxygen atoms in total. The highest BCUT2D eigenvalue weighted by molar-refractivity contribution is 9.10. The van der Waals surface area contributed by atoms with Crippen LogP contribution in [0.2, 0.25) is 0 Å². The Kier molecular flexibility index (Phi) is 3.94.